The molecule has 0 saturated heterocycles. The van der Waals surface area contributed by atoms with Crippen molar-refractivity contribution in [1.29, 1.82) is 0 Å². The van der Waals surface area contributed by atoms with Crippen molar-refractivity contribution in [2.24, 2.45) is 0 Å². The van der Waals surface area contributed by atoms with Gasteiger partial charge in [-0.3, -0.25) is 4.98 Å². The van der Waals surface area contributed by atoms with Crippen molar-refractivity contribution >= 4 is 26.6 Å². The van der Waals surface area contributed by atoms with Crippen molar-refractivity contribution in [3.63, 3.8) is 0 Å². The van der Waals surface area contributed by atoms with Gasteiger partial charge in [0.05, 0.1) is 16.1 Å². The molecule has 32 heavy (non-hydrogen) atoms. The van der Waals surface area contributed by atoms with E-state index in [1.54, 1.807) is 35.8 Å². The summed E-state index contributed by atoms with van der Waals surface area (Å²) >= 11 is 0. The Balaban J connectivity index is 1.51. The molecule has 0 aliphatic carbocycles. The van der Waals surface area contributed by atoms with Gasteiger partial charge in [-0.15, -0.1) is 10.2 Å². The van der Waals surface area contributed by atoms with E-state index in [1.807, 2.05) is 42.5 Å². The highest BCUT2D eigenvalue weighted by molar-refractivity contribution is 7.89. The number of hydrogen-bond acceptors (Lipinski definition) is 6. The van der Waals surface area contributed by atoms with Crippen LogP contribution in [-0.4, -0.2) is 39.8 Å². The van der Waals surface area contributed by atoms with Gasteiger partial charge in [-0.1, -0.05) is 31.2 Å². The second kappa shape index (κ2) is 8.10. The summed E-state index contributed by atoms with van der Waals surface area (Å²) in [6.45, 7) is 2.07. The lowest BCUT2D eigenvalue weighted by Gasteiger charge is -2.07. The zero-order valence-electron chi connectivity index (χ0n) is 17.3. The highest BCUT2D eigenvalue weighted by Crippen LogP contribution is 2.22. The molecule has 0 unspecified atom stereocenters. The maximum atomic E-state index is 12.4. The molecule has 160 valence electrons. The molecular weight excluding hydrogens is 424 g/mol. The average molecular weight is 445 g/mol. The first-order valence-electron chi connectivity index (χ1n) is 10.2. The normalized spacial score (nSPS) is 11.9. The largest absolute Gasteiger partial charge is 0.256 e. The fourth-order valence-corrected chi connectivity index (χ4v) is 4.70. The maximum absolute atomic E-state index is 12.4. The van der Waals surface area contributed by atoms with Crippen LogP contribution in [0.15, 0.2) is 77.8 Å². The number of pyridine rings is 1. The van der Waals surface area contributed by atoms with Gasteiger partial charge in [-0.25, -0.2) is 13.1 Å². The Labute approximate surface area is 185 Å². The van der Waals surface area contributed by atoms with E-state index in [9.17, 15) is 8.42 Å². The monoisotopic (exact) mass is 444 g/mol. The van der Waals surface area contributed by atoms with Gasteiger partial charge in [0.25, 0.3) is 0 Å². The minimum Gasteiger partial charge on any atom is -0.256 e. The molecule has 2 aromatic carbocycles. The fraction of sp³-hybridized carbons (Fsp3) is 0.130. The highest BCUT2D eigenvalue weighted by Gasteiger charge is 2.15. The number of rotatable bonds is 6. The van der Waals surface area contributed by atoms with Crippen LogP contribution in [0.4, 0.5) is 0 Å². The van der Waals surface area contributed by atoms with Crippen LogP contribution in [0.5, 0.6) is 0 Å². The predicted octanol–water partition coefficient (Wildman–Crippen LogP) is 3.23. The van der Waals surface area contributed by atoms with Gasteiger partial charge in [0.2, 0.25) is 10.0 Å². The van der Waals surface area contributed by atoms with Crippen molar-refractivity contribution in [3.05, 3.63) is 84.3 Å². The summed E-state index contributed by atoms with van der Waals surface area (Å²) in [5, 5.41) is 14.3. The topological polar surface area (TPSA) is 102 Å². The summed E-state index contributed by atoms with van der Waals surface area (Å²) < 4.78 is 29.0. The number of fused-ring (bicyclic) bond motifs is 2. The molecule has 0 aliphatic heterocycles. The molecule has 0 fully saturated rings. The summed E-state index contributed by atoms with van der Waals surface area (Å²) in [6, 6.07) is 20.4. The number of benzene rings is 2. The molecule has 0 spiro atoms. The lowest BCUT2D eigenvalue weighted by Crippen LogP contribution is -2.23. The van der Waals surface area contributed by atoms with E-state index in [2.05, 4.69) is 26.0 Å². The SMILES string of the molecule is CCNS(=O)(=O)c1cccc(-c2ccc3nnc(Cc4ccc5ncccc5c4)n3n2)c1. The third kappa shape index (κ3) is 3.83. The van der Waals surface area contributed by atoms with Gasteiger partial charge in [-0.2, -0.15) is 9.61 Å². The Hall–Kier alpha value is -3.69. The third-order valence-electron chi connectivity index (χ3n) is 5.13. The summed E-state index contributed by atoms with van der Waals surface area (Å²) in [5.74, 6) is 0.696. The van der Waals surface area contributed by atoms with Gasteiger partial charge in [0, 0.05) is 30.1 Å². The molecule has 8 nitrogen and oxygen atoms in total. The lowest BCUT2D eigenvalue weighted by molar-refractivity contribution is 0.584. The van der Waals surface area contributed by atoms with Crippen molar-refractivity contribution < 1.29 is 8.42 Å². The van der Waals surface area contributed by atoms with E-state index in [-0.39, 0.29) is 4.90 Å². The molecule has 0 aliphatic rings. The molecule has 0 amide bonds. The molecule has 9 heteroatoms. The summed E-state index contributed by atoms with van der Waals surface area (Å²) in [7, 11) is -3.55. The number of hydrogen-bond donors (Lipinski definition) is 1. The number of nitrogens with zero attached hydrogens (tertiary/aromatic N) is 5. The summed E-state index contributed by atoms with van der Waals surface area (Å²) in [5.41, 5.74) is 3.97. The zero-order valence-corrected chi connectivity index (χ0v) is 18.1. The summed E-state index contributed by atoms with van der Waals surface area (Å²) in [6.07, 6.45) is 2.33. The van der Waals surface area contributed by atoms with Crippen molar-refractivity contribution in [2.45, 2.75) is 18.2 Å². The minimum atomic E-state index is -3.55. The van der Waals surface area contributed by atoms with Gasteiger partial charge in [0.15, 0.2) is 11.5 Å². The summed E-state index contributed by atoms with van der Waals surface area (Å²) in [4.78, 5) is 4.56. The molecule has 5 aromatic rings. The van der Waals surface area contributed by atoms with Crippen LogP contribution in [0.1, 0.15) is 18.3 Å². The second-order valence-corrected chi connectivity index (χ2v) is 9.11. The van der Waals surface area contributed by atoms with E-state index in [0.717, 1.165) is 16.5 Å². The van der Waals surface area contributed by atoms with E-state index in [1.165, 1.54) is 0 Å². The van der Waals surface area contributed by atoms with Crippen LogP contribution in [-0.2, 0) is 16.4 Å². The maximum Gasteiger partial charge on any atom is 0.240 e. The molecule has 1 N–H and O–H groups in total. The fourth-order valence-electron chi connectivity index (χ4n) is 3.61. The average Bonchev–Trinajstić information content (AvgIpc) is 3.21. The number of nitrogens with one attached hydrogen (secondary N) is 1. The number of sulfonamides is 1. The Morgan fingerprint density at radius 2 is 1.88 bits per heavy atom. The minimum absolute atomic E-state index is 0.201. The lowest BCUT2D eigenvalue weighted by atomic mass is 10.1. The third-order valence-corrected chi connectivity index (χ3v) is 6.67. The van der Waals surface area contributed by atoms with Crippen LogP contribution in [0.2, 0.25) is 0 Å². The zero-order chi connectivity index (χ0) is 22.1. The Morgan fingerprint density at radius 1 is 0.969 bits per heavy atom. The van der Waals surface area contributed by atoms with Crippen LogP contribution < -0.4 is 4.72 Å². The Morgan fingerprint density at radius 3 is 2.75 bits per heavy atom. The van der Waals surface area contributed by atoms with Crippen molar-refractivity contribution in [1.82, 2.24) is 29.5 Å². The number of aromatic nitrogens is 5. The van der Waals surface area contributed by atoms with Gasteiger partial charge in [0.1, 0.15) is 0 Å². The predicted molar refractivity (Wildman–Crippen MR) is 122 cm³/mol. The first-order chi connectivity index (χ1) is 15.5. The first kappa shape index (κ1) is 20.2. The van der Waals surface area contributed by atoms with Gasteiger partial charge >= 0.3 is 0 Å². The smallest absolute Gasteiger partial charge is 0.240 e. The van der Waals surface area contributed by atoms with Crippen LogP contribution >= 0.6 is 0 Å². The molecule has 0 atom stereocenters. The quantitative estimate of drug-likeness (QED) is 0.431. The van der Waals surface area contributed by atoms with E-state index in [4.69, 9.17) is 5.10 Å². The second-order valence-electron chi connectivity index (χ2n) is 7.34. The van der Waals surface area contributed by atoms with Crippen molar-refractivity contribution in [2.75, 3.05) is 6.54 Å². The molecule has 3 heterocycles. The van der Waals surface area contributed by atoms with Crippen LogP contribution in [0.3, 0.4) is 0 Å². The molecule has 0 bridgehead atoms. The Kier molecular flexibility index (Phi) is 5.12. The van der Waals surface area contributed by atoms with Crippen LogP contribution in [0, 0.1) is 0 Å². The van der Waals surface area contributed by atoms with Crippen LogP contribution in [0.25, 0.3) is 27.8 Å². The van der Waals surface area contributed by atoms with E-state index >= 15 is 0 Å². The van der Waals surface area contributed by atoms with Gasteiger partial charge < -0.3 is 0 Å². The van der Waals surface area contributed by atoms with Gasteiger partial charge in [-0.05, 0) is 48.0 Å². The highest BCUT2D eigenvalue weighted by atomic mass is 32.2. The molecule has 0 radical (unpaired) electrons. The molecule has 0 saturated carbocycles. The molecule has 3 aromatic heterocycles. The standard InChI is InChI=1S/C23H20N6O2S/c1-2-25-32(30,31)19-7-3-5-18(15-19)21-10-11-22-26-27-23(29(22)28-21)14-16-8-9-20-17(13-16)6-4-12-24-20/h3-13,15,25H,2,14H2,1H3. The Bertz CT molecular complexity index is 1550. The van der Waals surface area contributed by atoms with E-state index < -0.39 is 10.0 Å². The van der Waals surface area contributed by atoms with E-state index in [0.29, 0.717) is 35.7 Å². The van der Waals surface area contributed by atoms with Crippen molar-refractivity contribution in [3.8, 4) is 11.3 Å². The molecular formula is C23H20N6O2S. The first-order valence-corrected chi connectivity index (χ1v) is 11.7. The molecule has 5 rings (SSSR count).